The molecule has 0 heterocycles. The van der Waals surface area contributed by atoms with Gasteiger partial charge in [-0.05, 0) is 75.4 Å². The Morgan fingerprint density at radius 1 is 1.44 bits per heavy atom. The van der Waals surface area contributed by atoms with Crippen molar-refractivity contribution in [1.82, 2.24) is 0 Å². The van der Waals surface area contributed by atoms with Gasteiger partial charge in [-0.1, -0.05) is 25.5 Å². The van der Waals surface area contributed by atoms with Crippen molar-refractivity contribution in [3.63, 3.8) is 0 Å². The molecule has 0 aromatic rings. The number of fused-ring (bicyclic) bond motifs is 1. The zero-order valence-corrected chi connectivity index (χ0v) is 12.9. The van der Waals surface area contributed by atoms with E-state index in [9.17, 15) is 0 Å². The van der Waals surface area contributed by atoms with Crippen molar-refractivity contribution < 1.29 is 0 Å². The SMILES string of the molecule is CC1=C[C@@H]2[C@H](C(C)C)CC[C@@](C)(N=C=S)[C@H]2CC1. The molecule has 0 amide bonds. The fourth-order valence-corrected chi connectivity index (χ4v) is 4.32. The molecule has 2 aliphatic carbocycles. The largest absolute Gasteiger partial charge is 0.226 e. The minimum absolute atomic E-state index is 0.0367. The van der Waals surface area contributed by atoms with Gasteiger partial charge >= 0.3 is 0 Å². The van der Waals surface area contributed by atoms with Crippen LogP contribution >= 0.6 is 12.2 Å². The zero-order chi connectivity index (χ0) is 13.3. The molecule has 2 heteroatoms. The summed E-state index contributed by atoms with van der Waals surface area (Å²) in [6.45, 7) is 9.30. The van der Waals surface area contributed by atoms with Crippen molar-refractivity contribution in [3.8, 4) is 0 Å². The quantitative estimate of drug-likeness (QED) is 0.393. The molecular weight excluding hydrogens is 238 g/mol. The van der Waals surface area contributed by atoms with Crippen LogP contribution in [0.2, 0.25) is 0 Å². The molecule has 0 bridgehead atoms. The molecule has 0 aromatic heterocycles. The molecule has 0 aromatic carbocycles. The van der Waals surface area contributed by atoms with E-state index in [0.717, 1.165) is 11.8 Å². The number of aliphatic imine (C=N–C) groups is 1. The molecule has 1 fully saturated rings. The van der Waals surface area contributed by atoms with Crippen LogP contribution in [0.3, 0.4) is 0 Å². The first-order valence-corrected chi connectivity index (χ1v) is 7.65. The molecule has 4 atom stereocenters. The number of hydrogen-bond donors (Lipinski definition) is 0. The summed E-state index contributed by atoms with van der Waals surface area (Å²) in [5.74, 6) is 2.95. The highest BCUT2D eigenvalue weighted by atomic mass is 32.1. The Morgan fingerprint density at radius 3 is 2.78 bits per heavy atom. The van der Waals surface area contributed by atoms with Gasteiger partial charge in [-0.3, -0.25) is 0 Å². The summed E-state index contributed by atoms with van der Waals surface area (Å²) in [7, 11) is 0. The maximum atomic E-state index is 4.87. The molecule has 1 nitrogen and oxygen atoms in total. The van der Waals surface area contributed by atoms with Crippen molar-refractivity contribution in [2.24, 2.45) is 28.7 Å². The van der Waals surface area contributed by atoms with Gasteiger partial charge in [0.2, 0.25) is 0 Å². The third-order valence-corrected chi connectivity index (χ3v) is 5.32. The van der Waals surface area contributed by atoms with Crippen LogP contribution in [-0.2, 0) is 0 Å². The second-order valence-corrected chi connectivity index (χ2v) is 6.92. The molecule has 0 spiro atoms. The van der Waals surface area contributed by atoms with Crippen LogP contribution in [0.15, 0.2) is 16.6 Å². The van der Waals surface area contributed by atoms with Gasteiger partial charge in [-0.25, -0.2) is 4.99 Å². The minimum atomic E-state index is 0.0367. The van der Waals surface area contributed by atoms with Gasteiger partial charge in [0.05, 0.1) is 10.7 Å². The third-order valence-electron chi connectivity index (χ3n) is 5.23. The predicted molar refractivity (Wildman–Crippen MR) is 81.0 cm³/mol. The zero-order valence-electron chi connectivity index (χ0n) is 12.1. The summed E-state index contributed by atoms with van der Waals surface area (Å²) in [4.78, 5) is 4.55. The summed E-state index contributed by atoms with van der Waals surface area (Å²) in [5.41, 5.74) is 1.60. The van der Waals surface area contributed by atoms with Crippen LogP contribution in [0.1, 0.15) is 53.4 Å². The smallest absolute Gasteiger partial charge is 0.0716 e. The standard InChI is InChI=1S/C16H25NS/c1-11(2)13-7-8-16(4,17-10-18)15-6-5-12(3)9-14(13)15/h9,11,13-15H,5-8H2,1-4H3/t13-,14+,15-,16+/m0/s1. The van der Waals surface area contributed by atoms with Crippen molar-refractivity contribution in [2.75, 3.05) is 0 Å². The lowest BCUT2D eigenvalue weighted by Crippen LogP contribution is -2.47. The van der Waals surface area contributed by atoms with Crippen molar-refractivity contribution in [2.45, 2.75) is 58.9 Å². The van der Waals surface area contributed by atoms with Gasteiger partial charge in [0.25, 0.3) is 0 Å². The second-order valence-electron chi connectivity index (χ2n) is 6.74. The first-order valence-electron chi connectivity index (χ1n) is 7.24. The number of nitrogens with zero attached hydrogens (tertiary/aromatic N) is 1. The number of isothiocyanates is 1. The van der Waals surface area contributed by atoms with Gasteiger partial charge in [-0.15, -0.1) is 0 Å². The Labute approximate surface area is 117 Å². The van der Waals surface area contributed by atoms with E-state index >= 15 is 0 Å². The Hall–Kier alpha value is -0.460. The fraction of sp³-hybridized carbons (Fsp3) is 0.812. The Bertz CT molecular complexity index is 392. The van der Waals surface area contributed by atoms with Gasteiger partial charge in [0.15, 0.2) is 0 Å². The number of hydrogen-bond acceptors (Lipinski definition) is 2. The fourth-order valence-electron chi connectivity index (χ4n) is 4.11. The van der Waals surface area contributed by atoms with E-state index in [1.54, 1.807) is 5.57 Å². The van der Waals surface area contributed by atoms with Crippen LogP contribution in [0.25, 0.3) is 0 Å². The maximum Gasteiger partial charge on any atom is 0.0716 e. The van der Waals surface area contributed by atoms with Crippen molar-refractivity contribution in [1.29, 1.82) is 0 Å². The predicted octanol–water partition coefficient (Wildman–Crippen LogP) is 4.89. The molecule has 1 saturated carbocycles. The molecule has 0 saturated heterocycles. The normalized spacial score (nSPS) is 39.8. The maximum absolute atomic E-state index is 4.87. The topological polar surface area (TPSA) is 12.4 Å². The second kappa shape index (κ2) is 5.27. The molecule has 18 heavy (non-hydrogen) atoms. The number of rotatable bonds is 2. The molecule has 0 N–H and O–H groups in total. The summed E-state index contributed by atoms with van der Waals surface area (Å²) < 4.78 is 0. The van der Waals surface area contributed by atoms with Gasteiger partial charge in [0, 0.05) is 0 Å². The third kappa shape index (κ3) is 2.46. The summed E-state index contributed by atoms with van der Waals surface area (Å²) in [6.07, 6.45) is 7.49. The monoisotopic (exact) mass is 263 g/mol. The van der Waals surface area contributed by atoms with Crippen LogP contribution in [0.5, 0.6) is 0 Å². The Balaban J connectivity index is 2.34. The highest BCUT2D eigenvalue weighted by molar-refractivity contribution is 7.78. The lowest BCUT2D eigenvalue weighted by Gasteiger charge is -2.49. The lowest BCUT2D eigenvalue weighted by atomic mass is 9.57. The van der Waals surface area contributed by atoms with E-state index in [1.165, 1.54) is 25.7 Å². The minimum Gasteiger partial charge on any atom is -0.226 e. The van der Waals surface area contributed by atoms with Gasteiger partial charge in [-0.2, -0.15) is 0 Å². The Kier molecular flexibility index (Phi) is 4.08. The first-order chi connectivity index (χ1) is 8.48. The van der Waals surface area contributed by atoms with Crippen molar-refractivity contribution >= 4 is 17.4 Å². The molecule has 0 radical (unpaired) electrons. The van der Waals surface area contributed by atoms with Crippen LogP contribution in [0, 0.1) is 23.7 Å². The summed E-state index contributed by atoms with van der Waals surface area (Å²) in [5, 5.41) is 2.65. The lowest BCUT2D eigenvalue weighted by molar-refractivity contribution is 0.0685. The van der Waals surface area contributed by atoms with E-state index in [2.05, 4.69) is 43.9 Å². The molecule has 0 aliphatic heterocycles. The average Bonchev–Trinajstić information content (AvgIpc) is 2.28. The van der Waals surface area contributed by atoms with E-state index < -0.39 is 0 Å². The number of thiocarbonyl (C=S) groups is 1. The van der Waals surface area contributed by atoms with Crippen LogP contribution in [0.4, 0.5) is 0 Å². The highest BCUT2D eigenvalue weighted by Crippen LogP contribution is 2.51. The van der Waals surface area contributed by atoms with Crippen LogP contribution in [-0.4, -0.2) is 10.7 Å². The van der Waals surface area contributed by atoms with E-state index in [-0.39, 0.29) is 5.54 Å². The molecule has 0 unspecified atom stereocenters. The van der Waals surface area contributed by atoms with E-state index in [1.807, 2.05) is 0 Å². The summed E-state index contributed by atoms with van der Waals surface area (Å²) in [6, 6.07) is 0. The van der Waals surface area contributed by atoms with E-state index in [0.29, 0.717) is 11.8 Å². The average molecular weight is 263 g/mol. The Morgan fingerprint density at radius 2 is 2.17 bits per heavy atom. The molecular formula is C16H25NS. The molecule has 100 valence electrons. The van der Waals surface area contributed by atoms with Gasteiger partial charge < -0.3 is 0 Å². The molecule has 2 rings (SSSR count). The first kappa shape index (κ1) is 14.0. The molecule has 2 aliphatic rings. The van der Waals surface area contributed by atoms with Crippen molar-refractivity contribution in [3.05, 3.63) is 11.6 Å². The highest BCUT2D eigenvalue weighted by Gasteiger charge is 2.47. The van der Waals surface area contributed by atoms with Crippen LogP contribution < -0.4 is 0 Å². The van der Waals surface area contributed by atoms with Gasteiger partial charge in [0.1, 0.15) is 0 Å². The van der Waals surface area contributed by atoms with E-state index in [4.69, 9.17) is 12.2 Å². The number of allylic oxidation sites excluding steroid dienone is 2. The summed E-state index contributed by atoms with van der Waals surface area (Å²) >= 11 is 4.87.